The van der Waals surface area contributed by atoms with E-state index in [9.17, 15) is 4.79 Å². The molecule has 0 unspecified atom stereocenters. The summed E-state index contributed by atoms with van der Waals surface area (Å²) in [5.41, 5.74) is 1.67. The zero-order valence-corrected chi connectivity index (χ0v) is 12.0. The number of nitrogens with one attached hydrogen (secondary N) is 1. The van der Waals surface area contributed by atoms with Crippen LogP contribution >= 0.6 is 15.9 Å². The highest BCUT2D eigenvalue weighted by molar-refractivity contribution is 9.09. The summed E-state index contributed by atoms with van der Waals surface area (Å²) in [4.78, 5) is 15.6. The summed E-state index contributed by atoms with van der Waals surface area (Å²) in [7, 11) is 0. The Morgan fingerprint density at radius 3 is 3.00 bits per heavy atom. The van der Waals surface area contributed by atoms with Crippen molar-refractivity contribution in [2.75, 3.05) is 10.6 Å². The van der Waals surface area contributed by atoms with Crippen molar-refractivity contribution in [2.45, 2.75) is 19.3 Å². The van der Waals surface area contributed by atoms with Gasteiger partial charge in [0, 0.05) is 23.0 Å². The number of aromatic nitrogens is 1. The number of unbranched alkanes of at least 4 members (excludes halogenated alkanes) is 1. The van der Waals surface area contributed by atoms with Gasteiger partial charge >= 0.3 is 0 Å². The van der Waals surface area contributed by atoms with Gasteiger partial charge in [-0.2, -0.15) is 0 Å². The van der Waals surface area contributed by atoms with Crippen molar-refractivity contribution in [1.29, 1.82) is 0 Å². The second-order valence-electron chi connectivity index (χ2n) is 4.14. The summed E-state index contributed by atoms with van der Waals surface area (Å²) in [5, 5.41) is 3.82. The van der Waals surface area contributed by atoms with E-state index >= 15 is 0 Å². The van der Waals surface area contributed by atoms with Gasteiger partial charge < -0.3 is 9.73 Å². The van der Waals surface area contributed by atoms with Crippen LogP contribution < -0.4 is 5.32 Å². The molecule has 0 fully saturated rings. The summed E-state index contributed by atoms with van der Waals surface area (Å²) in [6.45, 7) is 0. The molecule has 2 aromatic rings. The first-order valence-electron chi connectivity index (χ1n) is 6.14. The van der Waals surface area contributed by atoms with E-state index in [1.165, 1.54) is 6.39 Å². The van der Waals surface area contributed by atoms with Crippen LogP contribution in [0.1, 0.15) is 19.3 Å². The summed E-state index contributed by atoms with van der Waals surface area (Å²) in [6, 6.07) is 7.54. The number of oxazole rings is 1. The molecule has 0 saturated carbocycles. The summed E-state index contributed by atoms with van der Waals surface area (Å²) < 4.78 is 5.23. The fraction of sp³-hybridized carbons (Fsp3) is 0.286. The number of carbonyl (C=O) groups is 1. The summed E-state index contributed by atoms with van der Waals surface area (Å²) in [5.74, 6) is 0.728. The highest BCUT2D eigenvalue weighted by Crippen LogP contribution is 2.22. The van der Waals surface area contributed by atoms with Crippen molar-refractivity contribution in [3.63, 3.8) is 0 Å². The van der Waals surface area contributed by atoms with Gasteiger partial charge in [-0.3, -0.25) is 4.79 Å². The minimum Gasteiger partial charge on any atom is -0.444 e. The lowest BCUT2D eigenvalue weighted by Crippen LogP contribution is -2.11. The number of hydrogen-bond donors (Lipinski definition) is 1. The quantitative estimate of drug-likeness (QED) is 0.649. The van der Waals surface area contributed by atoms with Gasteiger partial charge in [-0.25, -0.2) is 4.98 Å². The molecule has 0 aliphatic carbocycles. The molecule has 0 saturated heterocycles. The second kappa shape index (κ2) is 7.09. The van der Waals surface area contributed by atoms with Crippen LogP contribution in [0.25, 0.3) is 11.3 Å². The van der Waals surface area contributed by atoms with Gasteiger partial charge in [-0.15, -0.1) is 0 Å². The third kappa shape index (κ3) is 4.21. The molecule has 1 aromatic carbocycles. The van der Waals surface area contributed by atoms with E-state index in [4.69, 9.17) is 4.42 Å². The molecule has 19 heavy (non-hydrogen) atoms. The molecule has 0 aliphatic rings. The van der Waals surface area contributed by atoms with Gasteiger partial charge in [-0.05, 0) is 25.0 Å². The van der Waals surface area contributed by atoms with Gasteiger partial charge in [0.25, 0.3) is 0 Å². The summed E-state index contributed by atoms with van der Waals surface area (Å²) in [6.07, 6.45) is 5.47. The largest absolute Gasteiger partial charge is 0.444 e. The molecule has 0 aliphatic heterocycles. The summed E-state index contributed by atoms with van der Waals surface area (Å²) >= 11 is 3.35. The van der Waals surface area contributed by atoms with Crippen molar-refractivity contribution >= 4 is 27.5 Å². The van der Waals surface area contributed by atoms with Gasteiger partial charge in [0.05, 0.1) is 6.20 Å². The normalized spacial score (nSPS) is 10.4. The first-order chi connectivity index (χ1) is 9.29. The maximum atomic E-state index is 11.7. The van der Waals surface area contributed by atoms with Crippen molar-refractivity contribution in [2.24, 2.45) is 0 Å². The highest BCUT2D eigenvalue weighted by Gasteiger charge is 2.05. The number of alkyl halides is 1. The third-order valence-corrected chi connectivity index (χ3v) is 3.21. The smallest absolute Gasteiger partial charge is 0.224 e. The predicted molar refractivity (Wildman–Crippen MR) is 78.2 cm³/mol. The van der Waals surface area contributed by atoms with Gasteiger partial charge in [0.1, 0.15) is 0 Å². The lowest BCUT2D eigenvalue weighted by atomic mass is 10.1. The zero-order valence-electron chi connectivity index (χ0n) is 10.4. The van der Waals surface area contributed by atoms with Crippen molar-refractivity contribution < 1.29 is 9.21 Å². The van der Waals surface area contributed by atoms with Crippen LogP contribution in [0.4, 0.5) is 5.69 Å². The molecule has 0 radical (unpaired) electrons. The Bertz CT molecular complexity index is 526. The Labute approximate surface area is 120 Å². The standard InChI is InChI=1S/C14H15BrN2O2/c15-7-2-1-6-14(18)17-12-5-3-4-11(8-12)13-9-16-10-19-13/h3-5,8-10H,1-2,6-7H2,(H,17,18). The Morgan fingerprint density at radius 2 is 2.26 bits per heavy atom. The maximum absolute atomic E-state index is 11.7. The monoisotopic (exact) mass is 322 g/mol. The third-order valence-electron chi connectivity index (χ3n) is 2.65. The Balaban J connectivity index is 1.97. The molecular weight excluding hydrogens is 308 g/mol. The van der Waals surface area contributed by atoms with Crippen LogP contribution in [-0.4, -0.2) is 16.2 Å². The maximum Gasteiger partial charge on any atom is 0.224 e. The topological polar surface area (TPSA) is 55.1 Å². The van der Waals surface area contributed by atoms with Gasteiger partial charge in [-0.1, -0.05) is 28.1 Å². The number of anilines is 1. The van der Waals surface area contributed by atoms with Crippen molar-refractivity contribution in [1.82, 2.24) is 4.98 Å². The molecule has 1 aromatic heterocycles. The lowest BCUT2D eigenvalue weighted by Gasteiger charge is -2.06. The number of amides is 1. The van der Waals surface area contributed by atoms with E-state index in [1.54, 1.807) is 6.20 Å². The fourth-order valence-electron chi connectivity index (χ4n) is 1.71. The number of benzene rings is 1. The van der Waals surface area contributed by atoms with E-state index in [-0.39, 0.29) is 5.91 Å². The first kappa shape index (κ1) is 13.8. The first-order valence-corrected chi connectivity index (χ1v) is 7.26. The van der Waals surface area contributed by atoms with Crippen LogP contribution in [-0.2, 0) is 4.79 Å². The molecule has 100 valence electrons. The Hall–Kier alpha value is -1.62. The number of halogens is 1. The molecule has 0 atom stereocenters. The second-order valence-corrected chi connectivity index (χ2v) is 4.93. The van der Waals surface area contributed by atoms with Gasteiger partial charge in [0.15, 0.2) is 12.2 Å². The van der Waals surface area contributed by atoms with Crippen molar-refractivity contribution in [3.8, 4) is 11.3 Å². The predicted octanol–water partition coefficient (Wildman–Crippen LogP) is 3.85. The number of rotatable bonds is 6. The van der Waals surface area contributed by atoms with E-state index in [2.05, 4.69) is 26.2 Å². The van der Waals surface area contributed by atoms with Crippen LogP contribution in [0, 0.1) is 0 Å². The highest BCUT2D eigenvalue weighted by atomic mass is 79.9. The Morgan fingerprint density at radius 1 is 1.37 bits per heavy atom. The van der Waals surface area contributed by atoms with E-state index in [1.807, 2.05) is 24.3 Å². The van der Waals surface area contributed by atoms with E-state index < -0.39 is 0 Å². The average molecular weight is 323 g/mol. The SMILES string of the molecule is O=C(CCCCBr)Nc1cccc(-c2cnco2)c1. The fourth-order valence-corrected chi connectivity index (χ4v) is 2.11. The molecule has 1 amide bonds. The number of hydrogen-bond acceptors (Lipinski definition) is 3. The zero-order chi connectivity index (χ0) is 13.5. The molecule has 0 spiro atoms. The van der Waals surface area contributed by atoms with Crippen molar-refractivity contribution in [3.05, 3.63) is 36.9 Å². The van der Waals surface area contributed by atoms with Crippen LogP contribution in [0.2, 0.25) is 0 Å². The molecule has 1 N–H and O–H groups in total. The van der Waals surface area contributed by atoms with E-state index in [0.717, 1.165) is 29.4 Å². The minimum absolute atomic E-state index is 0.0377. The molecule has 4 nitrogen and oxygen atoms in total. The minimum atomic E-state index is 0.0377. The number of carbonyl (C=O) groups excluding carboxylic acids is 1. The Kier molecular flexibility index (Phi) is 5.15. The molecule has 0 bridgehead atoms. The van der Waals surface area contributed by atoms with Gasteiger partial charge in [0.2, 0.25) is 5.91 Å². The number of nitrogens with zero attached hydrogens (tertiary/aromatic N) is 1. The molecule has 2 rings (SSSR count). The average Bonchev–Trinajstić information content (AvgIpc) is 2.93. The van der Waals surface area contributed by atoms with Crippen LogP contribution in [0.15, 0.2) is 41.3 Å². The lowest BCUT2D eigenvalue weighted by molar-refractivity contribution is -0.116. The molecule has 5 heteroatoms. The molecular formula is C14H15BrN2O2. The van der Waals surface area contributed by atoms with Crippen LogP contribution in [0.3, 0.4) is 0 Å². The molecule has 1 heterocycles. The van der Waals surface area contributed by atoms with Crippen LogP contribution in [0.5, 0.6) is 0 Å². The van der Waals surface area contributed by atoms with E-state index in [0.29, 0.717) is 12.2 Å².